The molecule has 0 radical (unpaired) electrons. The average molecular weight is 348 g/mol. The maximum absolute atomic E-state index is 12.7. The molecule has 2 heterocycles. The Morgan fingerprint density at radius 3 is 2.57 bits per heavy atom. The van der Waals surface area contributed by atoms with Crippen molar-refractivity contribution in [1.82, 2.24) is 5.16 Å². The number of sulfonamides is 1. The van der Waals surface area contributed by atoms with Crippen molar-refractivity contribution in [3.8, 4) is 10.6 Å². The number of nitrogens with zero attached hydrogens (tertiary/aromatic N) is 1. The molecule has 0 saturated carbocycles. The van der Waals surface area contributed by atoms with E-state index in [0.717, 1.165) is 16.0 Å². The van der Waals surface area contributed by atoms with E-state index in [1.807, 2.05) is 26.0 Å². The van der Waals surface area contributed by atoms with Crippen LogP contribution in [0.5, 0.6) is 0 Å². The molecule has 0 amide bonds. The van der Waals surface area contributed by atoms with Gasteiger partial charge in [-0.05, 0) is 38.5 Å². The summed E-state index contributed by atoms with van der Waals surface area (Å²) in [6, 6.07) is 8.93. The fraction of sp³-hybridized carbons (Fsp3) is 0.188. The smallest absolute Gasteiger partial charge is 0.263 e. The van der Waals surface area contributed by atoms with Crippen LogP contribution < -0.4 is 4.72 Å². The van der Waals surface area contributed by atoms with Crippen LogP contribution >= 0.6 is 11.3 Å². The van der Waals surface area contributed by atoms with E-state index in [4.69, 9.17) is 4.52 Å². The Morgan fingerprint density at radius 2 is 1.91 bits per heavy atom. The molecule has 3 aromatic rings. The van der Waals surface area contributed by atoms with E-state index in [2.05, 4.69) is 9.88 Å². The lowest BCUT2D eigenvalue weighted by molar-refractivity contribution is 0.433. The first kappa shape index (κ1) is 15.8. The van der Waals surface area contributed by atoms with Crippen molar-refractivity contribution in [2.75, 3.05) is 4.72 Å². The standard InChI is InChI=1S/C16H16N2O3S2/c1-10-4-5-13(11(2)8-10)18-23(19,20)16-9-15(22-12(16)3)14-6-7-17-21-14/h4-9,18H,1-3H3. The lowest BCUT2D eigenvalue weighted by Crippen LogP contribution is -2.14. The highest BCUT2D eigenvalue weighted by Crippen LogP contribution is 2.34. The Hall–Kier alpha value is -2.12. The van der Waals surface area contributed by atoms with Crippen LogP contribution in [0.15, 0.2) is 45.9 Å². The molecule has 1 aromatic carbocycles. The summed E-state index contributed by atoms with van der Waals surface area (Å²) in [6.07, 6.45) is 1.53. The Morgan fingerprint density at radius 1 is 1.13 bits per heavy atom. The number of aryl methyl sites for hydroxylation is 3. The van der Waals surface area contributed by atoms with E-state index in [0.29, 0.717) is 16.3 Å². The van der Waals surface area contributed by atoms with Gasteiger partial charge in [-0.1, -0.05) is 22.9 Å². The predicted molar refractivity (Wildman–Crippen MR) is 91.3 cm³/mol. The minimum absolute atomic E-state index is 0.258. The normalized spacial score (nSPS) is 11.6. The van der Waals surface area contributed by atoms with E-state index in [-0.39, 0.29) is 4.90 Å². The molecular weight excluding hydrogens is 332 g/mol. The fourth-order valence-electron chi connectivity index (χ4n) is 2.32. The molecule has 5 nitrogen and oxygen atoms in total. The SMILES string of the molecule is Cc1ccc(NS(=O)(=O)c2cc(-c3ccno3)sc2C)c(C)c1. The second-order valence-electron chi connectivity index (χ2n) is 5.33. The largest absolute Gasteiger partial charge is 0.355 e. The Labute approximate surface area is 139 Å². The predicted octanol–water partition coefficient (Wildman–Crippen LogP) is 4.13. The van der Waals surface area contributed by atoms with Gasteiger partial charge in [0.15, 0.2) is 5.76 Å². The first-order valence-electron chi connectivity index (χ1n) is 6.98. The third-order valence-electron chi connectivity index (χ3n) is 3.47. The topological polar surface area (TPSA) is 72.2 Å². The van der Waals surface area contributed by atoms with Crippen LogP contribution in [-0.2, 0) is 10.0 Å². The third kappa shape index (κ3) is 3.16. The molecule has 23 heavy (non-hydrogen) atoms. The van der Waals surface area contributed by atoms with Crippen molar-refractivity contribution < 1.29 is 12.9 Å². The summed E-state index contributed by atoms with van der Waals surface area (Å²) >= 11 is 1.36. The summed E-state index contributed by atoms with van der Waals surface area (Å²) in [5, 5.41) is 3.65. The molecular formula is C16H16N2O3S2. The van der Waals surface area contributed by atoms with Gasteiger partial charge >= 0.3 is 0 Å². The fourth-order valence-corrected chi connectivity index (χ4v) is 5.01. The summed E-state index contributed by atoms with van der Waals surface area (Å²) in [5.74, 6) is 0.561. The zero-order valence-corrected chi connectivity index (χ0v) is 14.6. The molecule has 0 aliphatic heterocycles. The number of rotatable bonds is 4. The van der Waals surface area contributed by atoms with Crippen LogP contribution in [0.3, 0.4) is 0 Å². The van der Waals surface area contributed by atoms with Gasteiger partial charge in [0.1, 0.15) is 4.90 Å². The minimum Gasteiger partial charge on any atom is -0.355 e. The summed E-state index contributed by atoms with van der Waals surface area (Å²) in [7, 11) is -3.65. The van der Waals surface area contributed by atoms with E-state index in [1.54, 1.807) is 25.1 Å². The zero-order chi connectivity index (χ0) is 16.6. The molecule has 0 unspecified atom stereocenters. The molecule has 0 saturated heterocycles. The summed E-state index contributed by atoms with van der Waals surface area (Å²) < 4.78 is 33.1. The number of thiophene rings is 1. The summed E-state index contributed by atoms with van der Waals surface area (Å²) in [4.78, 5) is 1.70. The second kappa shape index (κ2) is 5.82. The van der Waals surface area contributed by atoms with Gasteiger partial charge in [-0.15, -0.1) is 11.3 Å². The highest BCUT2D eigenvalue weighted by molar-refractivity contribution is 7.93. The van der Waals surface area contributed by atoms with Crippen molar-refractivity contribution in [3.05, 3.63) is 52.5 Å². The maximum atomic E-state index is 12.7. The summed E-state index contributed by atoms with van der Waals surface area (Å²) in [5.41, 5.74) is 2.56. The molecule has 0 aliphatic carbocycles. The van der Waals surface area contributed by atoms with Crippen LogP contribution in [0.1, 0.15) is 16.0 Å². The van der Waals surface area contributed by atoms with Gasteiger partial charge in [-0.2, -0.15) is 0 Å². The van der Waals surface area contributed by atoms with Crippen LogP contribution in [0.25, 0.3) is 10.6 Å². The zero-order valence-electron chi connectivity index (χ0n) is 13.0. The first-order valence-corrected chi connectivity index (χ1v) is 9.28. The van der Waals surface area contributed by atoms with E-state index in [1.165, 1.54) is 17.5 Å². The van der Waals surface area contributed by atoms with Crippen molar-refractivity contribution in [2.24, 2.45) is 0 Å². The molecule has 2 aromatic heterocycles. The maximum Gasteiger partial charge on any atom is 0.263 e. The van der Waals surface area contributed by atoms with Gasteiger partial charge in [0.25, 0.3) is 10.0 Å². The highest BCUT2D eigenvalue weighted by atomic mass is 32.2. The molecule has 0 aliphatic rings. The monoisotopic (exact) mass is 348 g/mol. The van der Waals surface area contributed by atoms with Gasteiger partial charge in [-0.3, -0.25) is 4.72 Å². The van der Waals surface area contributed by atoms with E-state index in [9.17, 15) is 8.42 Å². The Kier molecular flexibility index (Phi) is 3.99. The third-order valence-corrected chi connectivity index (χ3v) is 6.15. The van der Waals surface area contributed by atoms with Gasteiger partial charge < -0.3 is 4.52 Å². The molecule has 120 valence electrons. The van der Waals surface area contributed by atoms with Gasteiger partial charge in [0, 0.05) is 10.9 Å². The van der Waals surface area contributed by atoms with Crippen molar-refractivity contribution in [3.63, 3.8) is 0 Å². The number of benzene rings is 1. The lowest BCUT2D eigenvalue weighted by Gasteiger charge is -2.10. The summed E-state index contributed by atoms with van der Waals surface area (Å²) in [6.45, 7) is 5.63. The van der Waals surface area contributed by atoms with Crippen molar-refractivity contribution in [2.45, 2.75) is 25.7 Å². The number of nitrogens with one attached hydrogen (secondary N) is 1. The quantitative estimate of drug-likeness (QED) is 0.769. The van der Waals surface area contributed by atoms with Gasteiger partial charge in [0.2, 0.25) is 0 Å². The van der Waals surface area contributed by atoms with E-state index < -0.39 is 10.0 Å². The molecule has 7 heteroatoms. The second-order valence-corrected chi connectivity index (χ2v) is 8.24. The number of hydrogen-bond acceptors (Lipinski definition) is 5. The average Bonchev–Trinajstić information content (AvgIpc) is 3.11. The van der Waals surface area contributed by atoms with Gasteiger partial charge in [-0.25, -0.2) is 8.42 Å². The highest BCUT2D eigenvalue weighted by Gasteiger charge is 2.22. The van der Waals surface area contributed by atoms with Crippen LogP contribution in [-0.4, -0.2) is 13.6 Å². The Bertz CT molecular complexity index is 942. The van der Waals surface area contributed by atoms with Crippen LogP contribution in [0.4, 0.5) is 5.69 Å². The van der Waals surface area contributed by atoms with Crippen molar-refractivity contribution >= 4 is 27.0 Å². The van der Waals surface area contributed by atoms with E-state index >= 15 is 0 Å². The molecule has 0 bridgehead atoms. The number of aromatic nitrogens is 1. The lowest BCUT2D eigenvalue weighted by atomic mass is 10.1. The van der Waals surface area contributed by atoms with Crippen molar-refractivity contribution in [1.29, 1.82) is 0 Å². The number of anilines is 1. The minimum atomic E-state index is -3.65. The van der Waals surface area contributed by atoms with Crippen LogP contribution in [0, 0.1) is 20.8 Å². The molecule has 0 spiro atoms. The molecule has 1 N–H and O–H groups in total. The number of hydrogen-bond donors (Lipinski definition) is 1. The molecule has 3 rings (SSSR count). The first-order chi connectivity index (χ1) is 10.9. The van der Waals surface area contributed by atoms with Gasteiger partial charge in [0.05, 0.1) is 16.8 Å². The molecule has 0 fully saturated rings. The Balaban J connectivity index is 1.97. The van der Waals surface area contributed by atoms with Crippen LogP contribution in [0.2, 0.25) is 0 Å². The molecule has 0 atom stereocenters.